The van der Waals surface area contributed by atoms with E-state index < -0.39 is 0 Å². The monoisotopic (exact) mass is 325 g/mol. The Kier molecular flexibility index (Phi) is 6.69. The summed E-state index contributed by atoms with van der Waals surface area (Å²) in [4.78, 5) is 2.40. The van der Waals surface area contributed by atoms with Gasteiger partial charge in [0.25, 0.3) is 0 Å². The van der Waals surface area contributed by atoms with E-state index in [0.717, 1.165) is 31.1 Å². The number of hydrogen-bond acceptors (Lipinski definition) is 3. The Morgan fingerprint density at radius 1 is 1.36 bits per heavy atom. The lowest BCUT2D eigenvalue weighted by atomic mass is 9.99. The van der Waals surface area contributed by atoms with E-state index in [2.05, 4.69) is 31.7 Å². The fourth-order valence-corrected chi connectivity index (χ4v) is 3.36. The second-order valence-corrected chi connectivity index (χ2v) is 7.18. The van der Waals surface area contributed by atoms with Crippen LogP contribution in [-0.4, -0.2) is 48.5 Å². The molecule has 1 N–H and O–H groups in total. The van der Waals surface area contributed by atoms with Gasteiger partial charge in [-0.1, -0.05) is 30.7 Å². The van der Waals surface area contributed by atoms with Crippen molar-refractivity contribution < 1.29 is 9.84 Å². The quantitative estimate of drug-likeness (QED) is 0.835. The van der Waals surface area contributed by atoms with Crippen LogP contribution < -0.4 is 0 Å². The van der Waals surface area contributed by atoms with Gasteiger partial charge in [0.1, 0.15) is 0 Å². The smallest absolute Gasteiger partial charge is 0.0590 e. The lowest BCUT2D eigenvalue weighted by Crippen LogP contribution is -2.38. The molecule has 124 valence electrons. The van der Waals surface area contributed by atoms with Crippen molar-refractivity contribution in [2.45, 2.75) is 39.3 Å². The highest BCUT2D eigenvalue weighted by atomic mass is 35.5. The molecule has 0 aliphatic carbocycles. The number of aliphatic hydroxyl groups excluding tert-OH is 1. The van der Waals surface area contributed by atoms with Gasteiger partial charge in [-0.15, -0.1) is 0 Å². The van der Waals surface area contributed by atoms with E-state index in [0.29, 0.717) is 11.8 Å². The molecule has 2 rings (SSSR count). The molecule has 0 saturated carbocycles. The molecule has 4 heteroatoms. The highest BCUT2D eigenvalue weighted by Crippen LogP contribution is 2.26. The Labute approximate surface area is 139 Å². The fourth-order valence-electron chi connectivity index (χ4n) is 3.15. The molecule has 0 aromatic heterocycles. The minimum Gasteiger partial charge on any atom is -0.395 e. The van der Waals surface area contributed by atoms with Gasteiger partial charge in [0, 0.05) is 24.2 Å². The van der Waals surface area contributed by atoms with Crippen LogP contribution in [0.25, 0.3) is 0 Å². The van der Waals surface area contributed by atoms with Crippen molar-refractivity contribution in [1.82, 2.24) is 4.90 Å². The molecule has 1 aromatic rings. The van der Waals surface area contributed by atoms with Crippen molar-refractivity contribution in [3.8, 4) is 0 Å². The van der Waals surface area contributed by atoms with Gasteiger partial charge in [0.05, 0.1) is 19.3 Å². The zero-order valence-electron chi connectivity index (χ0n) is 13.8. The first kappa shape index (κ1) is 17.7. The molecule has 3 atom stereocenters. The standard InChI is InChI=1S/C18H28ClNO2/c1-13(2)22-12-16-10-20(9-14(16)3)18(11-21)8-15-5-4-6-17(19)7-15/h4-7,13-14,16,18,21H,8-12H2,1-3H3. The van der Waals surface area contributed by atoms with Crippen LogP contribution in [0, 0.1) is 11.8 Å². The highest BCUT2D eigenvalue weighted by molar-refractivity contribution is 6.30. The van der Waals surface area contributed by atoms with Crippen molar-refractivity contribution in [2.75, 3.05) is 26.3 Å². The van der Waals surface area contributed by atoms with Crippen molar-refractivity contribution in [1.29, 1.82) is 0 Å². The molecule has 3 nitrogen and oxygen atoms in total. The number of benzene rings is 1. The average Bonchev–Trinajstić information content (AvgIpc) is 2.83. The summed E-state index contributed by atoms with van der Waals surface area (Å²) in [7, 11) is 0. The third kappa shape index (κ3) is 4.95. The van der Waals surface area contributed by atoms with Crippen molar-refractivity contribution in [2.24, 2.45) is 11.8 Å². The molecule has 0 bridgehead atoms. The third-order valence-corrected chi connectivity index (χ3v) is 4.76. The molecule has 1 aromatic carbocycles. The van der Waals surface area contributed by atoms with Crippen LogP contribution in [0.2, 0.25) is 5.02 Å². The lowest BCUT2D eigenvalue weighted by molar-refractivity contribution is 0.0435. The molecule has 0 amide bonds. The van der Waals surface area contributed by atoms with Crippen LogP contribution in [0.5, 0.6) is 0 Å². The Morgan fingerprint density at radius 2 is 2.14 bits per heavy atom. The molecule has 1 fully saturated rings. The Morgan fingerprint density at radius 3 is 2.77 bits per heavy atom. The minimum atomic E-state index is 0.157. The zero-order valence-corrected chi connectivity index (χ0v) is 14.6. The molecule has 3 unspecified atom stereocenters. The maximum Gasteiger partial charge on any atom is 0.0590 e. The van der Waals surface area contributed by atoms with Gasteiger partial charge in [-0.2, -0.15) is 0 Å². The van der Waals surface area contributed by atoms with Gasteiger partial charge in [-0.3, -0.25) is 4.90 Å². The molecule has 1 saturated heterocycles. The summed E-state index contributed by atoms with van der Waals surface area (Å²) in [6.07, 6.45) is 1.11. The molecular weight excluding hydrogens is 298 g/mol. The Bertz CT molecular complexity index is 466. The summed E-state index contributed by atoms with van der Waals surface area (Å²) in [6.45, 7) is 9.45. The average molecular weight is 326 g/mol. The van der Waals surface area contributed by atoms with E-state index in [1.165, 1.54) is 5.56 Å². The molecular formula is C18H28ClNO2. The predicted molar refractivity (Wildman–Crippen MR) is 91.3 cm³/mol. The predicted octanol–water partition coefficient (Wildman–Crippen LogP) is 3.24. The van der Waals surface area contributed by atoms with Crippen molar-refractivity contribution in [3.05, 3.63) is 34.9 Å². The number of likely N-dealkylation sites (tertiary alicyclic amines) is 1. The summed E-state index contributed by atoms with van der Waals surface area (Å²) in [6, 6.07) is 8.08. The van der Waals surface area contributed by atoms with E-state index in [9.17, 15) is 5.11 Å². The molecule has 1 heterocycles. The molecule has 0 spiro atoms. The Hall–Kier alpha value is -0.610. The number of hydrogen-bond donors (Lipinski definition) is 1. The van der Waals surface area contributed by atoms with E-state index in [1.807, 2.05) is 18.2 Å². The number of rotatable bonds is 7. The number of ether oxygens (including phenoxy) is 1. The van der Waals surface area contributed by atoms with E-state index in [-0.39, 0.29) is 18.8 Å². The van der Waals surface area contributed by atoms with Gasteiger partial charge in [0.2, 0.25) is 0 Å². The first-order chi connectivity index (χ1) is 10.5. The van der Waals surface area contributed by atoms with Gasteiger partial charge in [-0.05, 0) is 49.8 Å². The van der Waals surface area contributed by atoms with Crippen LogP contribution in [0.4, 0.5) is 0 Å². The largest absolute Gasteiger partial charge is 0.395 e. The minimum absolute atomic E-state index is 0.157. The fraction of sp³-hybridized carbons (Fsp3) is 0.667. The summed E-state index contributed by atoms with van der Waals surface area (Å²) < 4.78 is 5.79. The van der Waals surface area contributed by atoms with Crippen LogP contribution in [0.15, 0.2) is 24.3 Å². The van der Waals surface area contributed by atoms with Gasteiger partial charge >= 0.3 is 0 Å². The van der Waals surface area contributed by atoms with Crippen molar-refractivity contribution >= 4 is 11.6 Å². The molecule has 1 aliphatic heterocycles. The lowest BCUT2D eigenvalue weighted by Gasteiger charge is -2.26. The maximum atomic E-state index is 9.80. The summed E-state index contributed by atoms with van der Waals surface area (Å²) in [5.41, 5.74) is 1.18. The number of aliphatic hydroxyl groups is 1. The normalized spacial score (nSPS) is 24.1. The second kappa shape index (κ2) is 8.30. The number of halogens is 1. The van der Waals surface area contributed by atoms with Crippen LogP contribution >= 0.6 is 11.6 Å². The summed E-state index contributed by atoms with van der Waals surface area (Å²) >= 11 is 6.06. The molecule has 0 radical (unpaired) electrons. The molecule has 22 heavy (non-hydrogen) atoms. The van der Waals surface area contributed by atoms with Gasteiger partial charge < -0.3 is 9.84 Å². The molecule has 1 aliphatic rings. The topological polar surface area (TPSA) is 32.7 Å². The van der Waals surface area contributed by atoms with E-state index >= 15 is 0 Å². The summed E-state index contributed by atoms with van der Waals surface area (Å²) in [5, 5.41) is 10.6. The van der Waals surface area contributed by atoms with E-state index in [1.54, 1.807) is 0 Å². The van der Waals surface area contributed by atoms with Crippen LogP contribution in [-0.2, 0) is 11.2 Å². The second-order valence-electron chi connectivity index (χ2n) is 6.74. The first-order valence-electron chi connectivity index (χ1n) is 8.20. The number of nitrogens with zero attached hydrogens (tertiary/aromatic N) is 1. The van der Waals surface area contributed by atoms with Crippen LogP contribution in [0.3, 0.4) is 0 Å². The summed E-state index contributed by atoms with van der Waals surface area (Å²) in [5.74, 6) is 1.16. The highest BCUT2D eigenvalue weighted by Gasteiger charge is 2.33. The third-order valence-electron chi connectivity index (χ3n) is 4.53. The Balaban J connectivity index is 1.94. The van der Waals surface area contributed by atoms with Crippen molar-refractivity contribution in [3.63, 3.8) is 0 Å². The van der Waals surface area contributed by atoms with E-state index in [4.69, 9.17) is 16.3 Å². The maximum absolute atomic E-state index is 9.80. The zero-order chi connectivity index (χ0) is 16.1. The van der Waals surface area contributed by atoms with Crippen LogP contribution in [0.1, 0.15) is 26.3 Å². The van der Waals surface area contributed by atoms with Gasteiger partial charge in [-0.25, -0.2) is 0 Å². The first-order valence-corrected chi connectivity index (χ1v) is 8.58. The SMILES string of the molecule is CC(C)OCC1CN(C(CO)Cc2cccc(Cl)c2)CC1C. The van der Waals surface area contributed by atoms with Gasteiger partial charge in [0.15, 0.2) is 0 Å².